The molecule has 4 heteroatoms. The van der Waals surface area contributed by atoms with E-state index in [0.717, 1.165) is 16.5 Å². The number of halogens is 1. The summed E-state index contributed by atoms with van der Waals surface area (Å²) in [6.45, 7) is -0.0179. The molecule has 0 radical (unpaired) electrons. The van der Waals surface area contributed by atoms with Crippen LogP contribution in [-0.2, 0) is 0 Å². The summed E-state index contributed by atoms with van der Waals surface area (Å²) in [5.41, 5.74) is 7.75. The molecular formula is C10H13ClN2O. The fraction of sp³-hybridized carbons (Fsp3) is 0.200. The molecular weight excluding hydrogens is 200 g/mol. The second-order valence-corrected chi connectivity index (χ2v) is 3.11. The molecule has 4 N–H and O–H groups in total. The maximum atomic E-state index is 8.88. The van der Waals surface area contributed by atoms with Gasteiger partial charge in [0.05, 0.1) is 12.6 Å². The Hall–Kier alpha value is -1.03. The van der Waals surface area contributed by atoms with Gasteiger partial charge in [0.25, 0.3) is 0 Å². The second-order valence-electron chi connectivity index (χ2n) is 3.11. The number of nitrogens with one attached hydrogen (secondary N) is 1. The van der Waals surface area contributed by atoms with E-state index in [0.29, 0.717) is 0 Å². The first kappa shape index (κ1) is 11.0. The van der Waals surface area contributed by atoms with Crippen molar-refractivity contribution in [3.05, 3.63) is 36.0 Å². The molecule has 0 unspecified atom stereocenters. The molecule has 1 atom stereocenters. The topological polar surface area (TPSA) is 62.0 Å². The number of nitrogens with two attached hydrogens (primary N) is 1. The van der Waals surface area contributed by atoms with Crippen LogP contribution in [0.15, 0.2) is 30.5 Å². The number of rotatable bonds is 2. The Morgan fingerprint density at radius 3 is 2.86 bits per heavy atom. The molecule has 0 aliphatic carbocycles. The van der Waals surface area contributed by atoms with Crippen molar-refractivity contribution in [2.24, 2.45) is 5.73 Å². The molecule has 3 nitrogen and oxygen atoms in total. The van der Waals surface area contributed by atoms with Gasteiger partial charge >= 0.3 is 0 Å². The van der Waals surface area contributed by atoms with E-state index >= 15 is 0 Å². The minimum atomic E-state index is -0.278. The van der Waals surface area contributed by atoms with Crippen LogP contribution in [0.3, 0.4) is 0 Å². The van der Waals surface area contributed by atoms with Crippen molar-refractivity contribution in [3.63, 3.8) is 0 Å². The number of aromatic amines is 1. The lowest BCUT2D eigenvalue weighted by molar-refractivity contribution is 0.268. The number of aromatic nitrogens is 1. The lowest BCUT2D eigenvalue weighted by Gasteiger charge is -2.07. The smallest absolute Gasteiger partial charge is 0.0624 e. The van der Waals surface area contributed by atoms with Crippen LogP contribution in [0, 0.1) is 0 Å². The number of H-pyrrole nitrogens is 1. The second kappa shape index (κ2) is 4.46. The number of aliphatic hydroxyl groups is 1. The summed E-state index contributed by atoms with van der Waals surface area (Å²) in [5.74, 6) is 0. The van der Waals surface area contributed by atoms with Gasteiger partial charge < -0.3 is 15.8 Å². The van der Waals surface area contributed by atoms with E-state index in [1.807, 2.05) is 30.5 Å². The molecule has 0 saturated heterocycles. The fourth-order valence-electron chi connectivity index (χ4n) is 1.41. The molecule has 0 amide bonds. The zero-order valence-electron chi connectivity index (χ0n) is 7.60. The highest BCUT2D eigenvalue weighted by atomic mass is 35.5. The van der Waals surface area contributed by atoms with E-state index in [1.54, 1.807) is 0 Å². The van der Waals surface area contributed by atoms with Gasteiger partial charge in [0.1, 0.15) is 0 Å². The van der Waals surface area contributed by atoms with Gasteiger partial charge in [-0.05, 0) is 29.1 Å². The van der Waals surface area contributed by atoms with Crippen molar-refractivity contribution in [3.8, 4) is 0 Å². The van der Waals surface area contributed by atoms with Crippen LogP contribution in [-0.4, -0.2) is 16.7 Å². The summed E-state index contributed by atoms with van der Waals surface area (Å²) in [7, 11) is 0. The fourth-order valence-corrected chi connectivity index (χ4v) is 1.41. The first-order valence-corrected chi connectivity index (χ1v) is 4.25. The van der Waals surface area contributed by atoms with Crippen molar-refractivity contribution >= 4 is 23.3 Å². The summed E-state index contributed by atoms with van der Waals surface area (Å²) in [5, 5.41) is 10.0. The van der Waals surface area contributed by atoms with Crippen LogP contribution in [0.5, 0.6) is 0 Å². The molecule has 0 spiro atoms. The normalized spacial score (nSPS) is 12.4. The Kier molecular flexibility index (Phi) is 3.52. The molecule has 76 valence electrons. The van der Waals surface area contributed by atoms with Crippen molar-refractivity contribution < 1.29 is 5.11 Å². The Morgan fingerprint density at radius 1 is 1.36 bits per heavy atom. The minimum Gasteiger partial charge on any atom is -0.394 e. The number of aliphatic hydroxyl groups excluding tert-OH is 1. The minimum absolute atomic E-state index is 0. The summed E-state index contributed by atoms with van der Waals surface area (Å²) >= 11 is 0. The van der Waals surface area contributed by atoms with Crippen molar-refractivity contribution in [1.82, 2.24) is 4.98 Å². The largest absolute Gasteiger partial charge is 0.394 e. The average molecular weight is 213 g/mol. The molecule has 0 fully saturated rings. The predicted molar refractivity (Wildman–Crippen MR) is 59.6 cm³/mol. The van der Waals surface area contributed by atoms with Gasteiger partial charge in [0.2, 0.25) is 0 Å². The highest BCUT2D eigenvalue weighted by molar-refractivity contribution is 5.85. The van der Waals surface area contributed by atoms with Crippen LogP contribution in [0.25, 0.3) is 10.9 Å². The SMILES string of the molecule is Cl.N[C@H](CO)c1ccc2[nH]ccc2c1. The lowest BCUT2D eigenvalue weighted by Crippen LogP contribution is -2.14. The van der Waals surface area contributed by atoms with Gasteiger partial charge in [-0.1, -0.05) is 6.07 Å². The molecule has 14 heavy (non-hydrogen) atoms. The van der Waals surface area contributed by atoms with Crippen molar-refractivity contribution in [1.29, 1.82) is 0 Å². The third-order valence-corrected chi connectivity index (χ3v) is 2.20. The maximum Gasteiger partial charge on any atom is 0.0624 e. The number of hydrogen-bond donors (Lipinski definition) is 3. The van der Waals surface area contributed by atoms with E-state index in [1.165, 1.54) is 0 Å². The van der Waals surface area contributed by atoms with Gasteiger partial charge in [-0.25, -0.2) is 0 Å². The molecule has 2 rings (SSSR count). The van der Waals surface area contributed by atoms with Gasteiger partial charge in [-0.2, -0.15) is 0 Å². The average Bonchev–Trinajstić information content (AvgIpc) is 2.63. The Balaban J connectivity index is 0.000000980. The van der Waals surface area contributed by atoms with Crippen LogP contribution in [0.4, 0.5) is 0 Å². The molecule has 0 aliphatic rings. The van der Waals surface area contributed by atoms with E-state index in [4.69, 9.17) is 10.8 Å². The summed E-state index contributed by atoms with van der Waals surface area (Å²) < 4.78 is 0. The number of hydrogen-bond acceptors (Lipinski definition) is 2. The van der Waals surface area contributed by atoms with Crippen LogP contribution >= 0.6 is 12.4 Å². The van der Waals surface area contributed by atoms with Crippen molar-refractivity contribution in [2.75, 3.05) is 6.61 Å². The van der Waals surface area contributed by atoms with E-state index in [9.17, 15) is 0 Å². The molecule has 1 aromatic heterocycles. The Bertz CT molecular complexity index is 413. The molecule has 1 heterocycles. The zero-order valence-corrected chi connectivity index (χ0v) is 8.42. The third-order valence-electron chi connectivity index (χ3n) is 2.20. The molecule has 2 aromatic rings. The zero-order chi connectivity index (χ0) is 9.26. The van der Waals surface area contributed by atoms with E-state index in [-0.39, 0.29) is 25.1 Å². The lowest BCUT2D eigenvalue weighted by atomic mass is 10.1. The molecule has 0 saturated carbocycles. The van der Waals surface area contributed by atoms with Crippen LogP contribution < -0.4 is 5.73 Å². The summed E-state index contributed by atoms with van der Waals surface area (Å²) in [6.07, 6.45) is 1.89. The first-order valence-electron chi connectivity index (χ1n) is 4.25. The molecule has 0 bridgehead atoms. The van der Waals surface area contributed by atoms with Crippen LogP contribution in [0.1, 0.15) is 11.6 Å². The highest BCUT2D eigenvalue weighted by Crippen LogP contribution is 2.17. The third kappa shape index (κ3) is 1.90. The van der Waals surface area contributed by atoms with Gasteiger partial charge in [-0.3, -0.25) is 0 Å². The summed E-state index contributed by atoms with van der Waals surface area (Å²) in [4.78, 5) is 3.10. The Labute approximate surface area is 88.3 Å². The standard InChI is InChI=1S/C10H12N2O.ClH/c11-9(6-13)7-1-2-10-8(5-7)3-4-12-10;/h1-5,9,12-13H,6,11H2;1H/t9-;/m1./s1. The van der Waals surface area contributed by atoms with E-state index < -0.39 is 0 Å². The monoisotopic (exact) mass is 212 g/mol. The van der Waals surface area contributed by atoms with Crippen LogP contribution in [0.2, 0.25) is 0 Å². The van der Waals surface area contributed by atoms with E-state index in [2.05, 4.69) is 4.98 Å². The maximum absolute atomic E-state index is 8.88. The summed E-state index contributed by atoms with van der Waals surface area (Å²) in [6, 6.07) is 7.61. The Morgan fingerprint density at radius 2 is 2.14 bits per heavy atom. The van der Waals surface area contributed by atoms with Gasteiger partial charge in [-0.15, -0.1) is 12.4 Å². The quantitative estimate of drug-likeness (QED) is 0.708. The highest BCUT2D eigenvalue weighted by Gasteiger charge is 2.04. The first-order chi connectivity index (χ1) is 6.31. The van der Waals surface area contributed by atoms with Gasteiger partial charge in [0, 0.05) is 11.7 Å². The number of fused-ring (bicyclic) bond motifs is 1. The van der Waals surface area contributed by atoms with Gasteiger partial charge in [0.15, 0.2) is 0 Å². The number of benzene rings is 1. The molecule has 0 aliphatic heterocycles. The molecule has 1 aromatic carbocycles. The predicted octanol–water partition coefficient (Wildman–Crippen LogP) is 1.58. The van der Waals surface area contributed by atoms with Crippen molar-refractivity contribution in [2.45, 2.75) is 6.04 Å².